The molecule has 4 aromatic rings. The first-order valence-corrected chi connectivity index (χ1v) is 8.62. The van der Waals surface area contributed by atoms with Gasteiger partial charge in [-0.25, -0.2) is 14.3 Å². The average molecular weight is 403 g/mol. The molecule has 0 unspecified atom stereocenters. The first-order valence-electron chi connectivity index (χ1n) is 7.86. The maximum Gasteiger partial charge on any atom is 0.343 e. The quantitative estimate of drug-likeness (QED) is 0.479. The zero-order valence-electron chi connectivity index (χ0n) is 14.2. The van der Waals surface area contributed by atoms with Gasteiger partial charge in [0, 0.05) is 12.4 Å². The number of hydrogen-bond donors (Lipinski definition) is 0. The Morgan fingerprint density at radius 3 is 2.74 bits per heavy atom. The molecule has 0 amide bonds. The summed E-state index contributed by atoms with van der Waals surface area (Å²) in [6.07, 6.45) is 2.99. The number of carbonyl (C=O) groups is 1. The number of carbonyl (C=O) groups excluding carboxylic acids is 1. The number of aryl methyl sites for hydroxylation is 1. The number of esters is 1. The van der Waals surface area contributed by atoms with Gasteiger partial charge in [-0.2, -0.15) is 5.10 Å². The van der Waals surface area contributed by atoms with Crippen LogP contribution in [0.2, 0.25) is 10.0 Å². The van der Waals surface area contributed by atoms with E-state index in [-0.39, 0.29) is 16.1 Å². The third kappa shape index (κ3) is 2.58. The van der Waals surface area contributed by atoms with Crippen molar-refractivity contribution in [2.24, 2.45) is 0 Å². The molecule has 27 heavy (non-hydrogen) atoms. The number of fused-ring (bicyclic) bond motifs is 3. The minimum atomic E-state index is -0.534. The van der Waals surface area contributed by atoms with Crippen LogP contribution >= 0.6 is 23.2 Å². The van der Waals surface area contributed by atoms with Crippen molar-refractivity contribution in [1.29, 1.82) is 0 Å². The lowest BCUT2D eigenvalue weighted by Gasteiger charge is -2.10. The van der Waals surface area contributed by atoms with Gasteiger partial charge >= 0.3 is 5.97 Å². The van der Waals surface area contributed by atoms with Crippen LogP contribution in [0.4, 0.5) is 0 Å². The van der Waals surface area contributed by atoms with E-state index in [1.807, 2.05) is 0 Å². The van der Waals surface area contributed by atoms with Crippen molar-refractivity contribution in [2.75, 3.05) is 7.11 Å². The summed E-state index contributed by atoms with van der Waals surface area (Å²) in [7, 11) is 1.29. The van der Waals surface area contributed by atoms with Gasteiger partial charge in [0.2, 0.25) is 0 Å². The maximum atomic E-state index is 13.0. The zero-order valence-corrected chi connectivity index (χ0v) is 15.7. The molecule has 0 atom stereocenters. The monoisotopic (exact) mass is 402 g/mol. The van der Waals surface area contributed by atoms with Gasteiger partial charge in [-0.15, -0.1) is 0 Å². The number of hydrogen-bond acceptors (Lipinski definition) is 5. The molecule has 4 rings (SSSR count). The van der Waals surface area contributed by atoms with Gasteiger partial charge in [-0.3, -0.25) is 9.36 Å². The van der Waals surface area contributed by atoms with Crippen molar-refractivity contribution in [2.45, 2.75) is 6.92 Å². The highest BCUT2D eigenvalue weighted by molar-refractivity contribution is 6.43. The normalized spacial score (nSPS) is 11.3. The van der Waals surface area contributed by atoms with E-state index in [9.17, 15) is 9.59 Å². The number of rotatable bonds is 2. The highest BCUT2D eigenvalue weighted by atomic mass is 35.5. The van der Waals surface area contributed by atoms with Crippen molar-refractivity contribution in [3.05, 3.63) is 68.3 Å². The van der Waals surface area contributed by atoms with E-state index in [0.29, 0.717) is 33.0 Å². The first kappa shape index (κ1) is 17.5. The molecule has 0 spiro atoms. The number of aromatic nitrogens is 4. The number of benzene rings is 1. The van der Waals surface area contributed by atoms with Crippen molar-refractivity contribution < 1.29 is 9.53 Å². The van der Waals surface area contributed by atoms with E-state index in [1.54, 1.807) is 37.4 Å². The molecular formula is C18H12Cl2N4O3. The van der Waals surface area contributed by atoms with Crippen LogP contribution in [0.5, 0.6) is 0 Å². The van der Waals surface area contributed by atoms with Gasteiger partial charge in [0.05, 0.1) is 39.4 Å². The Morgan fingerprint density at radius 2 is 2.00 bits per heavy atom. The third-order valence-electron chi connectivity index (χ3n) is 4.27. The minimum Gasteiger partial charge on any atom is -0.465 e. The molecule has 0 saturated carbocycles. The number of halogens is 2. The van der Waals surface area contributed by atoms with Crippen LogP contribution in [0.15, 0.2) is 41.5 Å². The van der Waals surface area contributed by atoms with E-state index in [4.69, 9.17) is 27.9 Å². The van der Waals surface area contributed by atoms with Crippen LogP contribution in [0, 0.1) is 6.92 Å². The second-order valence-corrected chi connectivity index (χ2v) is 6.59. The fourth-order valence-electron chi connectivity index (χ4n) is 2.99. The maximum absolute atomic E-state index is 13.0. The summed E-state index contributed by atoms with van der Waals surface area (Å²) in [6.45, 7) is 1.68. The van der Waals surface area contributed by atoms with Gasteiger partial charge in [-0.05, 0) is 25.1 Å². The summed E-state index contributed by atoms with van der Waals surface area (Å²) >= 11 is 12.3. The molecule has 1 aromatic carbocycles. The Labute approximate surface area is 162 Å². The van der Waals surface area contributed by atoms with Crippen molar-refractivity contribution in [3.63, 3.8) is 0 Å². The van der Waals surface area contributed by atoms with Gasteiger partial charge in [-0.1, -0.05) is 29.3 Å². The highest BCUT2D eigenvalue weighted by Gasteiger charge is 2.21. The molecule has 0 aliphatic rings. The standard InChI is InChI=1S/C18H12Cl2N4O3/c1-9-14(18(26)27-2)16-21-8-10-12(24(16)22-9)6-7-23(17(10)25)13-5-3-4-11(19)15(13)20/h3-8H,1-2H3. The summed E-state index contributed by atoms with van der Waals surface area (Å²) < 4.78 is 7.65. The molecule has 0 N–H and O–H groups in total. The van der Waals surface area contributed by atoms with Crippen LogP contribution in [-0.4, -0.2) is 32.2 Å². The summed E-state index contributed by atoms with van der Waals surface area (Å²) in [4.78, 5) is 29.3. The summed E-state index contributed by atoms with van der Waals surface area (Å²) in [6, 6.07) is 6.75. The Hall–Kier alpha value is -2.90. The molecular weight excluding hydrogens is 391 g/mol. The van der Waals surface area contributed by atoms with E-state index < -0.39 is 5.97 Å². The Balaban J connectivity index is 2.03. The largest absolute Gasteiger partial charge is 0.465 e. The van der Waals surface area contributed by atoms with Crippen LogP contribution in [0.3, 0.4) is 0 Å². The smallest absolute Gasteiger partial charge is 0.343 e. The van der Waals surface area contributed by atoms with Crippen LogP contribution < -0.4 is 5.56 Å². The molecule has 0 fully saturated rings. The fraction of sp³-hybridized carbons (Fsp3) is 0.111. The SMILES string of the molecule is COC(=O)c1c(C)nn2c1ncc1c(=O)n(-c3cccc(Cl)c3Cl)ccc12. The van der Waals surface area contributed by atoms with E-state index in [0.717, 1.165) is 0 Å². The Morgan fingerprint density at radius 1 is 1.22 bits per heavy atom. The number of nitrogens with zero attached hydrogens (tertiary/aromatic N) is 4. The van der Waals surface area contributed by atoms with Gasteiger partial charge < -0.3 is 4.74 Å². The van der Waals surface area contributed by atoms with Crippen molar-refractivity contribution in [3.8, 4) is 5.69 Å². The van der Waals surface area contributed by atoms with Crippen molar-refractivity contribution in [1.82, 2.24) is 19.2 Å². The molecule has 0 saturated heterocycles. The predicted octanol–water partition coefficient (Wildman–Crippen LogP) is 3.44. The van der Waals surface area contributed by atoms with Crippen LogP contribution in [0.1, 0.15) is 16.1 Å². The zero-order chi connectivity index (χ0) is 19.3. The second-order valence-electron chi connectivity index (χ2n) is 5.81. The molecule has 0 radical (unpaired) electrons. The molecule has 0 aliphatic carbocycles. The fourth-order valence-corrected chi connectivity index (χ4v) is 3.37. The lowest BCUT2D eigenvalue weighted by atomic mass is 10.2. The minimum absolute atomic E-state index is 0.265. The molecule has 3 heterocycles. The van der Waals surface area contributed by atoms with Crippen LogP contribution in [0.25, 0.3) is 22.2 Å². The number of pyridine rings is 1. The molecule has 9 heteroatoms. The number of methoxy groups -OCH3 is 1. The number of ether oxygens (including phenoxy) is 1. The van der Waals surface area contributed by atoms with E-state index in [1.165, 1.54) is 22.4 Å². The highest BCUT2D eigenvalue weighted by Crippen LogP contribution is 2.28. The first-order chi connectivity index (χ1) is 12.9. The predicted molar refractivity (Wildman–Crippen MR) is 102 cm³/mol. The Kier molecular flexibility index (Phi) is 4.13. The van der Waals surface area contributed by atoms with Gasteiger partial charge in [0.15, 0.2) is 5.65 Å². The third-order valence-corrected chi connectivity index (χ3v) is 5.08. The summed E-state index contributed by atoms with van der Waals surface area (Å²) in [5.74, 6) is -0.534. The molecule has 0 bridgehead atoms. The average Bonchev–Trinajstić information content (AvgIpc) is 3.00. The molecule has 136 valence electrons. The molecule has 7 nitrogen and oxygen atoms in total. The molecule has 0 aliphatic heterocycles. The second kappa shape index (κ2) is 6.37. The topological polar surface area (TPSA) is 78.5 Å². The Bertz CT molecular complexity index is 1290. The van der Waals surface area contributed by atoms with Gasteiger partial charge in [0.25, 0.3) is 5.56 Å². The van der Waals surface area contributed by atoms with E-state index in [2.05, 4.69) is 10.1 Å². The van der Waals surface area contributed by atoms with Crippen molar-refractivity contribution >= 4 is 45.7 Å². The van der Waals surface area contributed by atoms with E-state index >= 15 is 0 Å². The van der Waals surface area contributed by atoms with Gasteiger partial charge in [0.1, 0.15) is 5.56 Å². The summed E-state index contributed by atoms with van der Waals surface area (Å²) in [5, 5.41) is 5.29. The molecule has 3 aromatic heterocycles. The lowest BCUT2D eigenvalue weighted by molar-refractivity contribution is 0.0602. The lowest BCUT2D eigenvalue weighted by Crippen LogP contribution is -2.19. The summed E-state index contributed by atoms with van der Waals surface area (Å²) in [5.41, 5.74) is 1.69. The van der Waals surface area contributed by atoms with Crippen LogP contribution in [-0.2, 0) is 4.74 Å².